The molecule has 0 saturated heterocycles. The quantitative estimate of drug-likeness (QED) is 0.778. The van der Waals surface area contributed by atoms with Gasteiger partial charge >= 0.3 is 6.18 Å². The Morgan fingerprint density at radius 3 is 2.16 bits per heavy atom. The second-order valence-corrected chi connectivity index (χ2v) is 4.72. The molecule has 0 aliphatic heterocycles. The Morgan fingerprint density at radius 2 is 1.58 bits per heavy atom. The summed E-state index contributed by atoms with van der Waals surface area (Å²) >= 11 is 5.88. The van der Waals surface area contributed by atoms with Crippen molar-refractivity contribution in [2.45, 2.75) is 13.1 Å². The Labute approximate surface area is 113 Å². The van der Waals surface area contributed by atoms with Crippen LogP contribution in [0.2, 0.25) is 5.02 Å². The molecule has 1 nitrogen and oxygen atoms in total. The molecule has 0 saturated carbocycles. The zero-order chi connectivity index (χ0) is 14.2. The number of hydrogen-bond acceptors (Lipinski definition) is 1. The van der Waals surface area contributed by atoms with Crippen molar-refractivity contribution >= 4 is 11.6 Å². The van der Waals surface area contributed by atoms with Crippen LogP contribution in [-0.4, -0.2) is 5.11 Å². The molecule has 1 N–H and O–H groups in total. The second-order valence-electron chi connectivity index (χ2n) is 4.28. The zero-order valence-corrected chi connectivity index (χ0v) is 10.7. The van der Waals surface area contributed by atoms with Crippen LogP contribution in [0.15, 0.2) is 36.4 Å². The summed E-state index contributed by atoms with van der Waals surface area (Å²) in [6, 6.07) is 7.94. The molecule has 0 aromatic heterocycles. The molecule has 0 amide bonds. The van der Waals surface area contributed by atoms with E-state index in [-0.39, 0.29) is 5.56 Å². The van der Waals surface area contributed by atoms with Gasteiger partial charge in [0.1, 0.15) is 5.75 Å². The molecule has 2 rings (SSSR count). The van der Waals surface area contributed by atoms with Crippen molar-refractivity contribution in [2.24, 2.45) is 0 Å². The van der Waals surface area contributed by atoms with Gasteiger partial charge in [0.2, 0.25) is 0 Å². The number of benzene rings is 2. The van der Waals surface area contributed by atoms with Gasteiger partial charge in [0.25, 0.3) is 0 Å². The molecule has 100 valence electrons. The highest BCUT2D eigenvalue weighted by Crippen LogP contribution is 2.36. The van der Waals surface area contributed by atoms with Gasteiger partial charge in [-0.05, 0) is 53.9 Å². The van der Waals surface area contributed by atoms with Crippen LogP contribution in [0.4, 0.5) is 13.2 Å². The summed E-state index contributed by atoms with van der Waals surface area (Å²) in [5.74, 6) is -0.428. The Balaban J connectivity index is 2.59. The van der Waals surface area contributed by atoms with Gasteiger partial charge in [-0.3, -0.25) is 0 Å². The van der Waals surface area contributed by atoms with Crippen molar-refractivity contribution in [1.82, 2.24) is 0 Å². The maximum atomic E-state index is 12.7. The van der Waals surface area contributed by atoms with Gasteiger partial charge in [-0.15, -0.1) is 0 Å². The Morgan fingerprint density at radius 1 is 0.947 bits per heavy atom. The van der Waals surface area contributed by atoms with Crippen molar-refractivity contribution in [3.05, 3.63) is 52.5 Å². The summed E-state index contributed by atoms with van der Waals surface area (Å²) in [6.07, 6.45) is -4.50. The third-order valence-corrected chi connectivity index (χ3v) is 2.84. The maximum absolute atomic E-state index is 12.7. The lowest BCUT2D eigenvalue weighted by atomic mass is 10.0. The van der Waals surface area contributed by atoms with Gasteiger partial charge in [0, 0.05) is 5.02 Å². The number of hydrogen-bond donors (Lipinski definition) is 1. The lowest BCUT2D eigenvalue weighted by Gasteiger charge is -2.11. The van der Waals surface area contributed by atoms with E-state index in [0.717, 1.165) is 11.6 Å². The molecule has 0 unspecified atom stereocenters. The van der Waals surface area contributed by atoms with Crippen LogP contribution in [0, 0.1) is 6.92 Å². The smallest absolute Gasteiger partial charge is 0.416 e. The first-order chi connectivity index (χ1) is 8.75. The summed E-state index contributed by atoms with van der Waals surface area (Å²) in [5, 5.41) is 9.86. The molecule has 5 heteroatoms. The molecule has 2 aromatic rings. The first-order valence-corrected chi connectivity index (χ1v) is 5.82. The average molecular weight is 287 g/mol. The summed E-state index contributed by atoms with van der Waals surface area (Å²) < 4.78 is 38.1. The fourth-order valence-electron chi connectivity index (χ4n) is 1.84. The topological polar surface area (TPSA) is 20.2 Å². The molecule has 0 bridgehead atoms. The van der Waals surface area contributed by atoms with E-state index in [9.17, 15) is 18.3 Å². The van der Waals surface area contributed by atoms with Crippen LogP contribution in [0.1, 0.15) is 11.1 Å². The fraction of sp³-hybridized carbons (Fsp3) is 0.143. The minimum absolute atomic E-state index is 0.276. The SMILES string of the molecule is Cc1cc(Cl)cc(-c2cc(O)cc(C(F)(F)F)c2)c1. The number of halogens is 4. The maximum Gasteiger partial charge on any atom is 0.416 e. The van der Waals surface area contributed by atoms with Crippen molar-refractivity contribution in [2.75, 3.05) is 0 Å². The van der Waals surface area contributed by atoms with E-state index in [4.69, 9.17) is 11.6 Å². The van der Waals surface area contributed by atoms with E-state index in [1.165, 1.54) is 6.07 Å². The van der Waals surface area contributed by atoms with E-state index in [0.29, 0.717) is 16.7 Å². The molecule has 0 heterocycles. The van der Waals surface area contributed by atoms with Crippen LogP contribution in [0.25, 0.3) is 11.1 Å². The Kier molecular flexibility index (Phi) is 3.45. The summed E-state index contributed by atoms with van der Waals surface area (Å²) in [6.45, 7) is 1.79. The number of phenolic OH excluding ortho intramolecular Hbond substituents is 1. The Hall–Kier alpha value is -1.68. The minimum atomic E-state index is -4.50. The molecular weight excluding hydrogens is 277 g/mol. The lowest BCUT2D eigenvalue weighted by molar-refractivity contribution is -0.137. The largest absolute Gasteiger partial charge is 0.508 e. The van der Waals surface area contributed by atoms with Crippen molar-refractivity contribution in [3.63, 3.8) is 0 Å². The van der Waals surface area contributed by atoms with Gasteiger partial charge in [0.05, 0.1) is 5.56 Å². The summed E-state index contributed by atoms with van der Waals surface area (Å²) in [4.78, 5) is 0. The fourth-order valence-corrected chi connectivity index (χ4v) is 2.13. The van der Waals surface area contributed by atoms with Crippen molar-refractivity contribution in [1.29, 1.82) is 0 Å². The first-order valence-electron chi connectivity index (χ1n) is 5.44. The molecule has 0 aliphatic carbocycles. The number of alkyl halides is 3. The third-order valence-electron chi connectivity index (χ3n) is 2.62. The van der Waals surface area contributed by atoms with E-state index < -0.39 is 17.5 Å². The molecular formula is C14H10ClF3O. The van der Waals surface area contributed by atoms with Crippen molar-refractivity contribution < 1.29 is 18.3 Å². The lowest BCUT2D eigenvalue weighted by Crippen LogP contribution is -2.04. The summed E-state index contributed by atoms with van der Waals surface area (Å²) in [5.41, 5.74) is 0.754. The van der Waals surface area contributed by atoms with Crippen LogP contribution >= 0.6 is 11.6 Å². The number of rotatable bonds is 1. The number of aromatic hydroxyl groups is 1. The van der Waals surface area contributed by atoms with Gasteiger partial charge in [-0.25, -0.2) is 0 Å². The first kappa shape index (κ1) is 13.7. The van der Waals surface area contributed by atoms with Crippen LogP contribution in [0.3, 0.4) is 0 Å². The molecule has 19 heavy (non-hydrogen) atoms. The molecule has 2 aromatic carbocycles. The van der Waals surface area contributed by atoms with Crippen LogP contribution in [-0.2, 0) is 6.18 Å². The highest BCUT2D eigenvalue weighted by molar-refractivity contribution is 6.30. The standard InChI is InChI=1S/C14H10ClF3O/c1-8-2-9(5-12(15)3-8)10-4-11(14(16,17)18)7-13(19)6-10/h2-7,19H,1H3. The zero-order valence-electron chi connectivity index (χ0n) is 9.92. The number of aryl methyl sites for hydroxylation is 1. The molecule has 0 aliphatic rings. The van der Waals surface area contributed by atoms with Crippen molar-refractivity contribution in [3.8, 4) is 16.9 Å². The van der Waals surface area contributed by atoms with Crippen LogP contribution in [0.5, 0.6) is 5.75 Å². The van der Waals surface area contributed by atoms with Crippen LogP contribution < -0.4 is 0 Å². The van der Waals surface area contributed by atoms with Gasteiger partial charge in [-0.2, -0.15) is 13.2 Å². The molecule has 0 radical (unpaired) electrons. The highest BCUT2D eigenvalue weighted by Gasteiger charge is 2.31. The normalized spacial score (nSPS) is 11.6. The third kappa shape index (κ3) is 3.20. The van der Waals surface area contributed by atoms with Gasteiger partial charge < -0.3 is 5.11 Å². The van der Waals surface area contributed by atoms with Gasteiger partial charge in [-0.1, -0.05) is 17.7 Å². The summed E-state index contributed by atoms with van der Waals surface area (Å²) in [7, 11) is 0. The van der Waals surface area contributed by atoms with E-state index in [2.05, 4.69) is 0 Å². The molecule has 0 fully saturated rings. The molecule has 0 spiro atoms. The minimum Gasteiger partial charge on any atom is -0.508 e. The predicted octanol–water partition coefficient (Wildman–Crippen LogP) is 5.04. The second kappa shape index (κ2) is 4.78. The predicted molar refractivity (Wildman–Crippen MR) is 68.3 cm³/mol. The Bertz CT molecular complexity index is 600. The molecule has 0 atom stereocenters. The number of phenols is 1. The van der Waals surface area contributed by atoms with E-state index in [1.54, 1.807) is 25.1 Å². The highest BCUT2D eigenvalue weighted by atomic mass is 35.5. The van der Waals surface area contributed by atoms with E-state index in [1.807, 2.05) is 0 Å². The average Bonchev–Trinajstić information content (AvgIpc) is 2.25. The monoisotopic (exact) mass is 286 g/mol. The van der Waals surface area contributed by atoms with Gasteiger partial charge in [0.15, 0.2) is 0 Å². The van der Waals surface area contributed by atoms with E-state index >= 15 is 0 Å².